The van der Waals surface area contributed by atoms with Gasteiger partial charge in [-0.25, -0.2) is 15.0 Å². The van der Waals surface area contributed by atoms with Crippen LogP contribution in [0.25, 0.3) is 83.5 Å². The average Bonchev–Trinajstić information content (AvgIpc) is 3.70. The average molecular weight is 804 g/mol. The highest BCUT2D eigenvalue weighted by atomic mass is 15.2. The lowest BCUT2D eigenvalue weighted by Crippen LogP contribution is -2.56. The highest BCUT2D eigenvalue weighted by Gasteiger charge is 2.44. The summed E-state index contributed by atoms with van der Waals surface area (Å²) in [6.45, 7) is -0.0607. The van der Waals surface area contributed by atoms with Gasteiger partial charge in [0.15, 0.2) is 17.5 Å². The van der Waals surface area contributed by atoms with Gasteiger partial charge in [0, 0.05) is 61.1 Å². The summed E-state index contributed by atoms with van der Waals surface area (Å²) in [4.78, 5) is 17.9. The van der Waals surface area contributed by atoms with E-state index in [9.17, 15) is 0 Å². The fourth-order valence-corrected chi connectivity index (χ4v) is 10.4. The molecule has 5 nitrogen and oxygen atoms in total. The summed E-state index contributed by atoms with van der Waals surface area (Å²) in [6.07, 6.45) is 8.57. The zero-order chi connectivity index (χ0) is 41.4. The maximum atomic E-state index is 5.19. The van der Waals surface area contributed by atoms with Crippen molar-refractivity contribution >= 4 is 62.2 Å². The van der Waals surface area contributed by atoms with Crippen LogP contribution in [0, 0.1) is 0 Å². The number of allylic oxidation sites excluding steroid dienone is 4. The molecule has 1 aliphatic carbocycles. The molecule has 0 radical (unpaired) electrons. The number of benzene rings is 8. The minimum atomic E-state index is -0.0607. The standard InChI is InChI=1S/C57H38BN5/c1-5-19-37(20-6-1)51-46(40-25-17-26-41(35-40)57-60-55(38-21-7-2-8-22-38)59-56(61-57)39-23-9-3-10-24-39)36-50-53-52(51)45-31-18-30-44-43-29-13-15-33-48(43)63(54(44)45)58(53)47-32-14-16-34-49(47)62(50)42-27-11-4-12-28-42/h1-2,4-9,11-36H,3,10H2. The Hall–Kier alpha value is -8.09. The molecule has 63 heavy (non-hydrogen) atoms. The van der Waals surface area contributed by atoms with Crippen LogP contribution < -0.4 is 15.8 Å². The van der Waals surface area contributed by atoms with Crippen LogP contribution in [-0.2, 0) is 0 Å². The van der Waals surface area contributed by atoms with Gasteiger partial charge in [0.1, 0.15) is 0 Å². The van der Waals surface area contributed by atoms with E-state index in [0.717, 1.165) is 46.4 Å². The Labute approximate surface area is 366 Å². The van der Waals surface area contributed by atoms with Gasteiger partial charge in [-0.2, -0.15) is 0 Å². The molecule has 8 aromatic carbocycles. The largest absolute Gasteiger partial charge is 0.375 e. The lowest BCUT2D eigenvalue weighted by molar-refractivity contribution is 1.01. The monoisotopic (exact) mass is 803 g/mol. The normalized spacial score (nSPS) is 13.6. The number of hydrogen-bond acceptors (Lipinski definition) is 4. The van der Waals surface area contributed by atoms with Crippen LogP contribution in [-0.4, -0.2) is 26.3 Å². The first kappa shape index (κ1) is 35.7. The smallest absolute Gasteiger partial charge is 0.333 e. The van der Waals surface area contributed by atoms with Crippen molar-refractivity contribution in [1.29, 1.82) is 0 Å². The van der Waals surface area contributed by atoms with E-state index in [4.69, 9.17) is 15.0 Å². The Bertz CT molecular complexity index is 3520. The number of para-hydroxylation sites is 4. The highest BCUT2D eigenvalue weighted by Crippen LogP contribution is 2.51. The molecule has 294 valence electrons. The Morgan fingerprint density at radius 2 is 1.11 bits per heavy atom. The number of nitrogens with zero attached hydrogens (tertiary/aromatic N) is 5. The van der Waals surface area contributed by atoms with Crippen LogP contribution in [0.1, 0.15) is 18.7 Å². The van der Waals surface area contributed by atoms with E-state index in [0.29, 0.717) is 17.5 Å². The second-order valence-electron chi connectivity index (χ2n) is 16.6. The third kappa shape index (κ3) is 5.54. The summed E-state index contributed by atoms with van der Waals surface area (Å²) in [5.74, 6) is 2.00. The molecular weight excluding hydrogens is 765 g/mol. The maximum Gasteiger partial charge on any atom is 0.333 e. The van der Waals surface area contributed by atoms with Crippen molar-refractivity contribution in [1.82, 2.24) is 19.4 Å². The summed E-state index contributed by atoms with van der Waals surface area (Å²) in [5.41, 5.74) is 18.6. The van der Waals surface area contributed by atoms with Crippen molar-refractivity contribution in [3.05, 3.63) is 212 Å². The zero-order valence-electron chi connectivity index (χ0n) is 34.4. The van der Waals surface area contributed by atoms with E-state index in [1.807, 2.05) is 18.2 Å². The fraction of sp³-hybridized carbons (Fsp3) is 0.0351. The molecule has 13 rings (SSSR count). The Balaban J connectivity index is 1.13. The van der Waals surface area contributed by atoms with E-state index in [1.54, 1.807) is 0 Å². The van der Waals surface area contributed by atoms with Gasteiger partial charge in [-0.1, -0.05) is 170 Å². The number of rotatable bonds is 6. The van der Waals surface area contributed by atoms with Crippen LogP contribution in [0.5, 0.6) is 0 Å². The van der Waals surface area contributed by atoms with Crippen molar-refractivity contribution in [2.24, 2.45) is 0 Å². The Kier molecular flexibility index (Phi) is 8.07. The second-order valence-corrected chi connectivity index (χ2v) is 16.6. The van der Waals surface area contributed by atoms with E-state index in [1.165, 1.54) is 66.4 Å². The maximum absolute atomic E-state index is 5.19. The van der Waals surface area contributed by atoms with Crippen LogP contribution in [0.4, 0.5) is 17.1 Å². The molecule has 6 heteroatoms. The molecule has 2 aliphatic heterocycles. The molecule has 0 amide bonds. The van der Waals surface area contributed by atoms with Gasteiger partial charge in [-0.05, 0) is 88.0 Å². The topological polar surface area (TPSA) is 46.8 Å². The summed E-state index contributed by atoms with van der Waals surface area (Å²) >= 11 is 0. The molecule has 0 unspecified atom stereocenters. The third-order valence-corrected chi connectivity index (χ3v) is 13.0. The molecule has 0 spiro atoms. The summed E-state index contributed by atoms with van der Waals surface area (Å²) in [7, 11) is 0. The first-order valence-corrected chi connectivity index (χ1v) is 21.8. The quantitative estimate of drug-likeness (QED) is 0.157. The van der Waals surface area contributed by atoms with Gasteiger partial charge >= 0.3 is 6.85 Å². The van der Waals surface area contributed by atoms with Crippen LogP contribution >= 0.6 is 0 Å². The summed E-state index contributed by atoms with van der Waals surface area (Å²) < 4.78 is 2.63. The number of fused-ring (bicyclic) bond motifs is 7. The van der Waals surface area contributed by atoms with E-state index < -0.39 is 0 Å². The minimum absolute atomic E-state index is 0.0607. The third-order valence-electron chi connectivity index (χ3n) is 13.0. The molecule has 0 atom stereocenters. The first-order chi connectivity index (χ1) is 31.3. The van der Waals surface area contributed by atoms with Gasteiger partial charge < -0.3 is 9.38 Å². The molecule has 4 heterocycles. The van der Waals surface area contributed by atoms with Gasteiger partial charge in [0.2, 0.25) is 0 Å². The predicted molar refractivity (Wildman–Crippen MR) is 261 cm³/mol. The Morgan fingerprint density at radius 1 is 0.460 bits per heavy atom. The van der Waals surface area contributed by atoms with E-state index in [-0.39, 0.29) is 6.85 Å². The summed E-state index contributed by atoms with van der Waals surface area (Å²) in [6, 6.07) is 68.2. The van der Waals surface area contributed by atoms with Gasteiger partial charge in [-0.3, -0.25) is 0 Å². The molecule has 0 saturated heterocycles. The lowest BCUT2D eigenvalue weighted by Gasteiger charge is -2.41. The highest BCUT2D eigenvalue weighted by molar-refractivity contribution is 6.90. The lowest BCUT2D eigenvalue weighted by atomic mass is 9.44. The SMILES string of the molecule is C1=CC(c2nc(-c3ccccc3)nc(-c3cccc(-c4cc5c6c(c4-c4ccccc4)-c4cccc7c8ccccc8n(c47)B6c4ccccc4N5c4ccccc4)c3)n2)=CCC1. The van der Waals surface area contributed by atoms with E-state index >= 15 is 0 Å². The van der Waals surface area contributed by atoms with Crippen molar-refractivity contribution in [2.45, 2.75) is 12.8 Å². The Morgan fingerprint density at radius 3 is 1.92 bits per heavy atom. The molecule has 0 bridgehead atoms. The summed E-state index contributed by atoms with van der Waals surface area (Å²) in [5, 5.41) is 2.54. The number of hydrogen-bond donors (Lipinski definition) is 0. The molecule has 3 aliphatic rings. The van der Waals surface area contributed by atoms with Crippen LogP contribution in [0.15, 0.2) is 206 Å². The number of anilines is 3. The van der Waals surface area contributed by atoms with Gasteiger partial charge in [0.25, 0.3) is 0 Å². The van der Waals surface area contributed by atoms with E-state index in [2.05, 4.69) is 197 Å². The number of aromatic nitrogens is 4. The second kappa shape index (κ2) is 14.3. The molecule has 0 N–H and O–H groups in total. The van der Waals surface area contributed by atoms with Crippen molar-refractivity contribution < 1.29 is 0 Å². The van der Waals surface area contributed by atoms with Crippen molar-refractivity contribution in [2.75, 3.05) is 4.90 Å². The molecular formula is C57H38BN5. The van der Waals surface area contributed by atoms with Gasteiger partial charge in [-0.15, -0.1) is 0 Å². The fourth-order valence-electron chi connectivity index (χ4n) is 10.4. The molecule has 2 aromatic heterocycles. The zero-order valence-corrected chi connectivity index (χ0v) is 34.4. The predicted octanol–water partition coefficient (Wildman–Crippen LogP) is 12.8. The van der Waals surface area contributed by atoms with Crippen LogP contribution in [0.3, 0.4) is 0 Å². The first-order valence-electron chi connectivity index (χ1n) is 21.8. The van der Waals surface area contributed by atoms with Crippen LogP contribution in [0.2, 0.25) is 0 Å². The molecule has 0 fully saturated rings. The van der Waals surface area contributed by atoms with Crippen molar-refractivity contribution in [3.63, 3.8) is 0 Å². The minimum Gasteiger partial charge on any atom is -0.375 e. The molecule has 10 aromatic rings. The van der Waals surface area contributed by atoms with Gasteiger partial charge in [0.05, 0.1) is 0 Å². The molecule has 0 saturated carbocycles. The van der Waals surface area contributed by atoms with Crippen molar-refractivity contribution in [3.8, 4) is 56.2 Å².